The lowest BCUT2D eigenvalue weighted by atomic mass is 10.2. The highest BCUT2D eigenvalue weighted by Gasteiger charge is 2.29. The molecule has 0 aliphatic carbocycles. The first-order chi connectivity index (χ1) is 8.58. The zero-order chi connectivity index (χ0) is 13.5. The standard InChI is InChI=1S/C12H19N3O3/c1-4-13-15(5-2)11-6-7-14(8-11)12(17)9-18-10(3)16/h4-5,11H,2,6-9H2,1,3H3/b13-4-. The van der Waals surface area contributed by atoms with Crippen molar-refractivity contribution in [1.82, 2.24) is 9.91 Å². The van der Waals surface area contributed by atoms with Gasteiger partial charge >= 0.3 is 5.97 Å². The third-order valence-corrected chi connectivity index (χ3v) is 2.72. The number of hydrogen-bond acceptors (Lipinski definition) is 5. The van der Waals surface area contributed by atoms with Gasteiger partial charge < -0.3 is 9.64 Å². The van der Waals surface area contributed by atoms with Gasteiger partial charge in [0.2, 0.25) is 0 Å². The van der Waals surface area contributed by atoms with Crippen LogP contribution in [0.1, 0.15) is 20.3 Å². The quantitative estimate of drug-likeness (QED) is 0.409. The maximum Gasteiger partial charge on any atom is 0.303 e. The first-order valence-electron chi connectivity index (χ1n) is 5.89. The molecule has 0 aromatic rings. The van der Waals surface area contributed by atoms with E-state index in [1.165, 1.54) is 6.92 Å². The van der Waals surface area contributed by atoms with Crippen LogP contribution in [0.2, 0.25) is 0 Å². The summed E-state index contributed by atoms with van der Waals surface area (Å²) in [5.74, 6) is -0.611. The zero-order valence-electron chi connectivity index (χ0n) is 10.8. The summed E-state index contributed by atoms with van der Waals surface area (Å²) in [5.41, 5.74) is 0. The Morgan fingerprint density at radius 3 is 2.89 bits per heavy atom. The number of hydrazone groups is 1. The number of amides is 1. The van der Waals surface area contributed by atoms with Crippen molar-refractivity contribution in [3.8, 4) is 0 Å². The van der Waals surface area contributed by atoms with Gasteiger partial charge in [-0.3, -0.25) is 14.6 Å². The van der Waals surface area contributed by atoms with Crippen molar-refractivity contribution in [3.05, 3.63) is 12.8 Å². The van der Waals surface area contributed by atoms with Gasteiger partial charge in [0.05, 0.1) is 6.04 Å². The van der Waals surface area contributed by atoms with Crippen LogP contribution in [0.5, 0.6) is 0 Å². The van der Waals surface area contributed by atoms with Gasteiger partial charge in [-0.1, -0.05) is 6.58 Å². The fourth-order valence-corrected chi connectivity index (χ4v) is 1.86. The third-order valence-electron chi connectivity index (χ3n) is 2.72. The summed E-state index contributed by atoms with van der Waals surface area (Å²) < 4.78 is 4.69. The summed E-state index contributed by atoms with van der Waals surface area (Å²) in [5, 5.41) is 5.91. The van der Waals surface area contributed by atoms with E-state index in [4.69, 9.17) is 4.74 Å². The molecule has 6 nitrogen and oxygen atoms in total. The molecule has 0 bridgehead atoms. The Morgan fingerprint density at radius 2 is 2.33 bits per heavy atom. The predicted octanol–water partition coefficient (Wildman–Crippen LogP) is 0.602. The largest absolute Gasteiger partial charge is 0.456 e. The van der Waals surface area contributed by atoms with Gasteiger partial charge in [-0.25, -0.2) is 0 Å². The van der Waals surface area contributed by atoms with E-state index in [9.17, 15) is 9.59 Å². The number of esters is 1. The van der Waals surface area contributed by atoms with Crippen LogP contribution in [0, 0.1) is 0 Å². The first kappa shape index (κ1) is 14.2. The highest BCUT2D eigenvalue weighted by atomic mass is 16.5. The van der Waals surface area contributed by atoms with Crippen molar-refractivity contribution >= 4 is 18.1 Å². The van der Waals surface area contributed by atoms with E-state index in [-0.39, 0.29) is 18.6 Å². The number of hydrogen-bond donors (Lipinski definition) is 0. The van der Waals surface area contributed by atoms with Crippen LogP contribution in [0.4, 0.5) is 0 Å². The lowest BCUT2D eigenvalue weighted by molar-refractivity contribution is -0.149. The van der Waals surface area contributed by atoms with E-state index < -0.39 is 5.97 Å². The van der Waals surface area contributed by atoms with Crippen molar-refractivity contribution in [2.24, 2.45) is 5.10 Å². The maximum absolute atomic E-state index is 11.7. The SMILES string of the molecule is C=CN(/N=C\C)C1CCN(C(=O)COC(C)=O)C1. The summed E-state index contributed by atoms with van der Waals surface area (Å²) in [7, 11) is 0. The van der Waals surface area contributed by atoms with Crippen LogP contribution in [-0.4, -0.2) is 53.7 Å². The molecule has 0 radical (unpaired) electrons. The maximum atomic E-state index is 11.7. The number of ether oxygens (including phenoxy) is 1. The number of rotatable bonds is 5. The molecule has 1 atom stereocenters. The predicted molar refractivity (Wildman–Crippen MR) is 67.8 cm³/mol. The highest BCUT2D eigenvalue weighted by Crippen LogP contribution is 2.16. The molecule has 0 aromatic heterocycles. The van der Waals surface area contributed by atoms with Gasteiger partial charge in [0.15, 0.2) is 6.61 Å². The van der Waals surface area contributed by atoms with E-state index >= 15 is 0 Å². The fraction of sp³-hybridized carbons (Fsp3) is 0.583. The number of carbonyl (C=O) groups is 2. The Bertz CT molecular complexity index is 354. The van der Waals surface area contributed by atoms with Crippen LogP contribution in [0.15, 0.2) is 17.9 Å². The van der Waals surface area contributed by atoms with Gasteiger partial charge in [0, 0.05) is 32.4 Å². The molecular weight excluding hydrogens is 234 g/mol. The third kappa shape index (κ3) is 3.87. The lowest BCUT2D eigenvalue weighted by Gasteiger charge is -2.22. The van der Waals surface area contributed by atoms with Gasteiger partial charge in [0.1, 0.15) is 0 Å². The smallest absolute Gasteiger partial charge is 0.303 e. The second-order valence-corrected chi connectivity index (χ2v) is 4.00. The number of carbonyl (C=O) groups excluding carboxylic acids is 2. The summed E-state index contributed by atoms with van der Waals surface area (Å²) >= 11 is 0. The molecule has 18 heavy (non-hydrogen) atoms. The van der Waals surface area contributed by atoms with Gasteiger partial charge in [-0.15, -0.1) is 0 Å². The van der Waals surface area contributed by atoms with E-state index in [1.54, 1.807) is 22.3 Å². The zero-order valence-corrected chi connectivity index (χ0v) is 10.8. The van der Waals surface area contributed by atoms with E-state index in [2.05, 4.69) is 11.7 Å². The van der Waals surface area contributed by atoms with E-state index in [0.717, 1.165) is 6.42 Å². The highest BCUT2D eigenvalue weighted by molar-refractivity contribution is 5.80. The second kappa shape index (κ2) is 6.78. The van der Waals surface area contributed by atoms with Crippen molar-refractivity contribution in [2.75, 3.05) is 19.7 Å². The number of likely N-dealkylation sites (tertiary alicyclic amines) is 1. The normalized spacial score (nSPS) is 19.0. The van der Waals surface area contributed by atoms with Crippen molar-refractivity contribution in [3.63, 3.8) is 0 Å². The van der Waals surface area contributed by atoms with Gasteiger partial charge in [0.25, 0.3) is 5.91 Å². The summed E-state index contributed by atoms with van der Waals surface area (Å²) in [6.45, 7) is 7.84. The molecule has 1 aliphatic heterocycles. The van der Waals surface area contributed by atoms with Gasteiger partial charge in [-0.2, -0.15) is 5.10 Å². The van der Waals surface area contributed by atoms with Crippen LogP contribution in [-0.2, 0) is 14.3 Å². The molecule has 0 aromatic carbocycles. The molecule has 1 amide bonds. The Kier molecular flexibility index (Phi) is 5.35. The van der Waals surface area contributed by atoms with E-state index in [1.807, 2.05) is 6.92 Å². The monoisotopic (exact) mass is 253 g/mol. The van der Waals surface area contributed by atoms with E-state index in [0.29, 0.717) is 13.1 Å². The van der Waals surface area contributed by atoms with Crippen molar-refractivity contribution in [2.45, 2.75) is 26.3 Å². The minimum Gasteiger partial charge on any atom is -0.456 e. The summed E-state index contributed by atoms with van der Waals surface area (Å²) in [4.78, 5) is 24.0. The molecule has 100 valence electrons. The lowest BCUT2D eigenvalue weighted by Crippen LogP contribution is -2.36. The molecule has 1 unspecified atom stereocenters. The molecule has 0 N–H and O–H groups in total. The van der Waals surface area contributed by atoms with Crippen molar-refractivity contribution in [1.29, 1.82) is 0 Å². The molecule has 1 saturated heterocycles. The van der Waals surface area contributed by atoms with Crippen LogP contribution in [0.3, 0.4) is 0 Å². The average Bonchev–Trinajstić information content (AvgIpc) is 2.82. The summed E-state index contributed by atoms with van der Waals surface area (Å²) in [6.07, 6.45) is 4.16. The minimum atomic E-state index is -0.442. The van der Waals surface area contributed by atoms with Crippen molar-refractivity contribution < 1.29 is 14.3 Å². The number of nitrogens with zero attached hydrogens (tertiary/aromatic N) is 3. The molecule has 0 spiro atoms. The summed E-state index contributed by atoms with van der Waals surface area (Å²) in [6, 6.07) is 0.139. The molecule has 1 heterocycles. The van der Waals surface area contributed by atoms with Crippen LogP contribution in [0.25, 0.3) is 0 Å². The minimum absolute atomic E-state index is 0.139. The Hall–Kier alpha value is -1.85. The van der Waals surface area contributed by atoms with Crippen LogP contribution < -0.4 is 0 Å². The Labute approximate surface area is 107 Å². The topological polar surface area (TPSA) is 62.2 Å². The molecule has 1 fully saturated rings. The molecule has 1 aliphatic rings. The van der Waals surface area contributed by atoms with Crippen LogP contribution >= 0.6 is 0 Å². The molecular formula is C12H19N3O3. The second-order valence-electron chi connectivity index (χ2n) is 4.00. The Morgan fingerprint density at radius 1 is 1.61 bits per heavy atom. The Balaban J connectivity index is 2.47. The molecule has 0 saturated carbocycles. The molecule has 6 heteroatoms. The van der Waals surface area contributed by atoms with Gasteiger partial charge in [-0.05, 0) is 13.3 Å². The first-order valence-corrected chi connectivity index (χ1v) is 5.89. The average molecular weight is 253 g/mol. The fourth-order valence-electron chi connectivity index (χ4n) is 1.86. The molecule has 1 rings (SSSR count).